The molecule has 0 aliphatic heterocycles. The molecule has 4 saturated carbocycles. The lowest BCUT2D eigenvalue weighted by atomic mass is 9.48. The van der Waals surface area contributed by atoms with Gasteiger partial charge < -0.3 is 15.2 Å². The Hall–Kier alpha value is -1.57. The number of nitrogens with one attached hydrogen (secondary N) is 1. The topological polar surface area (TPSA) is 65.3 Å². The Morgan fingerprint density at radius 1 is 1.09 bits per heavy atom. The number of anilines is 1. The summed E-state index contributed by atoms with van der Waals surface area (Å²) in [5.74, 6) is 4.78. The molecule has 0 heterocycles. The molecule has 4 fully saturated rings. The van der Waals surface area contributed by atoms with Crippen LogP contribution in [0.5, 0.6) is 0 Å². The summed E-state index contributed by atoms with van der Waals surface area (Å²) in [5, 5.41) is 24.3. The fourth-order valence-corrected chi connectivity index (χ4v) is 9.47. The molecule has 0 aromatic heterocycles. The molecule has 2 N–H and O–H groups in total. The van der Waals surface area contributed by atoms with Gasteiger partial charge in [-0.2, -0.15) is 5.26 Å². The summed E-state index contributed by atoms with van der Waals surface area (Å²) in [4.78, 5) is 0. The highest BCUT2D eigenvalue weighted by atomic mass is 16.5. The maximum absolute atomic E-state index is 11.2. The molecule has 192 valence electrons. The van der Waals surface area contributed by atoms with E-state index in [1.165, 1.54) is 44.9 Å². The van der Waals surface area contributed by atoms with Crippen LogP contribution in [-0.2, 0) is 4.74 Å². The fourth-order valence-electron chi connectivity index (χ4n) is 9.47. The van der Waals surface area contributed by atoms with Crippen LogP contribution in [0.25, 0.3) is 0 Å². The highest BCUT2D eigenvalue weighted by molar-refractivity contribution is 5.50. The Kier molecular flexibility index (Phi) is 7.21. The Bertz CT molecular complexity index is 927. The van der Waals surface area contributed by atoms with Crippen molar-refractivity contribution in [3.63, 3.8) is 0 Å². The van der Waals surface area contributed by atoms with E-state index >= 15 is 0 Å². The van der Waals surface area contributed by atoms with E-state index in [2.05, 4.69) is 31.3 Å². The summed E-state index contributed by atoms with van der Waals surface area (Å²) in [6, 6.07) is 10.8. The number of hydrogen-bond donors (Lipinski definition) is 2. The molecule has 4 nitrogen and oxygen atoms in total. The van der Waals surface area contributed by atoms with Crippen LogP contribution >= 0.6 is 0 Å². The van der Waals surface area contributed by atoms with Gasteiger partial charge in [-0.15, -0.1) is 0 Å². The van der Waals surface area contributed by atoms with E-state index in [0.29, 0.717) is 36.5 Å². The predicted octanol–water partition coefficient (Wildman–Crippen LogP) is 6.79. The van der Waals surface area contributed by atoms with Gasteiger partial charge in [0, 0.05) is 18.3 Å². The van der Waals surface area contributed by atoms with Crippen LogP contribution in [0.15, 0.2) is 24.3 Å². The number of nitriles is 1. The third kappa shape index (κ3) is 4.64. The molecule has 0 amide bonds. The van der Waals surface area contributed by atoms with Gasteiger partial charge in [0.1, 0.15) is 0 Å². The Morgan fingerprint density at radius 3 is 2.69 bits per heavy atom. The van der Waals surface area contributed by atoms with Crippen LogP contribution in [0.2, 0.25) is 0 Å². The van der Waals surface area contributed by atoms with Gasteiger partial charge in [0.2, 0.25) is 0 Å². The predicted molar refractivity (Wildman–Crippen MR) is 141 cm³/mol. The van der Waals surface area contributed by atoms with Gasteiger partial charge in [0.15, 0.2) is 0 Å². The van der Waals surface area contributed by atoms with E-state index in [9.17, 15) is 10.4 Å². The molecule has 0 saturated heterocycles. The molecular formula is C31H46N2O2. The molecule has 0 radical (unpaired) electrons. The molecule has 4 heteroatoms. The van der Waals surface area contributed by atoms with Gasteiger partial charge in [0.25, 0.3) is 0 Å². The lowest BCUT2D eigenvalue weighted by Crippen LogP contribution is -2.52. The number of ether oxygens (including phenoxy) is 1. The second-order valence-electron chi connectivity index (χ2n) is 12.6. The standard InChI is InChI=1S/C31H46N2O2/c1-4-29(33-23-8-6-7-21(17-23)19-32)28-12-11-27-26-10-9-22-18-31(34,20-35-5-2)16-14-24(22)25(26)13-15-30(27,28)3/h6-8,17,22,24-29,33-34H,4-5,9-16,18,20H2,1-3H3/t22-,24+,25-,26-,27+,28-,29-,30+,31-/m1/s1. The zero-order chi connectivity index (χ0) is 24.6. The molecule has 0 spiro atoms. The van der Waals surface area contributed by atoms with Gasteiger partial charge in [-0.3, -0.25) is 0 Å². The number of aliphatic hydroxyl groups is 1. The smallest absolute Gasteiger partial charge is 0.0992 e. The summed E-state index contributed by atoms with van der Waals surface area (Å²) in [7, 11) is 0. The van der Waals surface area contributed by atoms with E-state index in [4.69, 9.17) is 4.74 Å². The normalized spacial score (nSPS) is 41.2. The van der Waals surface area contributed by atoms with Crippen molar-refractivity contribution in [2.45, 2.75) is 96.6 Å². The summed E-state index contributed by atoms with van der Waals surface area (Å²) < 4.78 is 5.66. The first-order valence-electron chi connectivity index (χ1n) is 14.5. The first-order chi connectivity index (χ1) is 16.9. The second-order valence-corrected chi connectivity index (χ2v) is 12.6. The van der Waals surface area contributed by atoms with Crippen LogP contribution in [0, 0.1) is 52.3 Å². The lowest BCUT2D eigenvalue weighted by molar-refractivity contribution is -0.128. The number of fused-ring (bicyclic) bond motifs is 5. The highest BCUT2D eigenvalue weighted by Crippen LogP contribution is 2.65. The maximum Gasteiger partial charge on any atom is 0.0992 e. The van der Waals surface area contributed by atoms with Crippen molar-refractivity contribution in [2.24, 2.45) is 40.9 Å². The van der Waals surface area contributed by atoms with Crippen molar-refractivity contribution < 1.29 is 9.84 Å². The van der Waals surface area contributed by atoms with Crippen LogP contribution < -0.4 is 5.32 Å². The average Bonchev–Trinajstić information content (AvgIpc) is 3.23. The van der Waals surface area contributed by atoms with E-state index in [0.717, 1.165) is 54.2 Å². The first-order valence-corrected chi connectivity index (χ1v) is 14.5. The van der Waals surface area contributed by atoms with Gasteiger partial charge in [-0.05, 0) is 130 Å². The van der Waals surface area contributed by atoms with E-state index in [1.54, 1.807) is 0 Å². The summed E-state index contributed by atoms with van der Waals surface area (Å²) in [6.45, 7) is 8.18. The third-order valence-electron chi connectivity index (χ3n) is 11.0. The number of nitrogens with zero attached hydrogens (tertiary/aromatic N) is 1. The van der Waals surface area contributed by atoms with Gasteiger partial charge >= 0.3 is 0 Å². The average molecular weight is 479 g/mol. The highest BCUT2D eigenvalue weighted by Gasteiger charge is 2.58. The quantitative estimate of drug-likeness (QED) is 0.453. The molecule has 5 rings (SSSR count). The minimum absolute atomic E-state index is 0.416. The van der Waals surface area contributed by atoms with Crippen molar-refractivity contribution >= 4 is 5.69 Å². The largest absolute Gasteiger partial charge is 0.387 e. The maximum atomic E-state index is 11.2. The van der Waals surface area contributed by atoms with E-state index in [1.807, 2.05) is 25.1 Å². The Balaban J connectivity index is 1.28. The van der Waals surface area contributed by atoms with Crippen molar-refractivity contribution in [2.75, 3.05) is 18.5 Å². The molecule has 35 heavy (non-hydrogen) atoms. The first kappa shape index (κ1) is 25.1. The molecule has 0 unspecified atom stereocenters. The van der Waals surface area contributed by atoms with Crippen molar-refractivity contribution in [1.29, 1.82) is 5.26 Å². The van der Waals surface area contributed by atoms with Crippen LogP contribution in [0.1, 0.15) is 90.5 Å². The molecule has 4 aliphatic rings. The molecule has 1 aromatic rings. The number of rotatable bonds is 7. The van der Waals surface area contributed by atoms with Crippen LogP contribution in [-0.4, -0.2) is 30.0 Å². The van der Waals surface area contributed by atoms with Gasteiger partial charge in [-0.25, -0.2) is 0 Å². The van der Waals surface area contributed by atoms with E-state index < -0.39 is 5.60 Å². The minimum Gasteiger partial charge on any atom is -0.387 e. The summed E-state index contributed by atoms with van der Waals surface area (Å²) >= 11 is 0. The summed E-state index contributed by atoms with van der Waals surface area (Å²) in [6.07, 6.45) is 12.3. The SMILES string of the molecule is CCOC[C@@]1(O)CC[C@H]2[C@H](CC[C@@H]3[C@@H]2CC[C@]2(C)[C@@H]([C@@H](CC)Nc4cccc(C#N)c4)CC[C@@H]32)C1. The molecule has 1 aromatic carbocycles. The Labute approximate surface area is 212 Å². The molecule has 0 bridgehead atoms. The van der Waals surface area contributed by atoms with Crippen molar-refractivity contribution in [3.05, 3.63) is 29.8 Å². The zero-order valence-corrected chi connectivity index (χ0v) is 22.1. The Morgan fingerprint density at radius 2 is 1.91 bits per heavy atom. The number of hydrogen-bond acceptors (Lipinski definition) is 4. The second kappa shape index (κ2) is 10.1. The molecule has 9 atom stereocenters. The van der Waals surface area contributed by atoms with E-state index in [-0.39, 0.29) is 0 Å². The third-order valence-corrected chi connectivity index (χ3v) is 11.0. The monoisotopic (exact) mass is 478 g/mol. The van der Waals surface area contributed by atoms with Gasteiger partial charge in [-0.1, -0.05) is 19.9 Å². The fraction of sp³-hybridized carbons (Fsp3) is 0.774. The minimum atomic E-state index is -0.589. The lowest BCUT2D eigenvalue weighted by Gasteiger charge is -2.57. The summed E-state index contributed by atoms with van der Waals surface area (Å²) in [5.41, 5.74) is 1.66. The molecule has 4 aliphatic carbocycles. The van der Waals surface area contributed by atoms with Crippen molar-refractivity contribution in [1.82, 2.24) is 0 Å². The van der Waals surface area contributed by atoms with Gasteiger partial charge in [0.05, 0.1) is 23.8 Å². The van der Waals surface area contributed by atoms with Crippen LogP contribution in [0.4, 0.5) is 5.69 Å². The molecular weight excluding hydrogens is 432 g/mol. The number of benzene rings is 1. The van der Waals surface area contributed by atoms with Crippen LogP contribution in [0.3, 0.4) is 0 Å². The van der Waals surface area contributed by atoms with Crippen molar-refractivity contribution in [3.8, 4) is 6.07 Å². The zero-order valence-electron chi connectivity index (χ0n) is 22.1.